The summed E-state index contributed by atoms with van der Waals surface area (Å²) in [5.41, 5.74) is -0.827. The molecule has 3 N–H and O–H groups in total. The molecule has 0 fully saturated rings. The molecule has 0 saturated carbocycles. The van der Waals surface area contributed by atoms with Gasteiger partial charge in [-0.2, -0.15) is 0 Å². The third kappa shape index (κ3) is 4.92. The van der Waals surface area contributed by atoms with Crippen LogP contribution in [0.15, 0.2) is 24.3 Å². The van der Waals surface area contributed by atoms with E-state index in [1.54, 1.807) is 13.8 Å². The number of amides is 2. The lowest BCUT2D eigenvalue weighted by molar-refractivity contribution is -0.384. The fourth-order valence-corrected chi connectivity index (χ4v) is 1.59. The number of carbonyl (C=O) groups excluding carboxylic acids is 1. The molecule has 2 amide bonds. The topological polar surface area (TPSA) is 122 Å². The Morgan fingerprint density at radius 1 is 1.40 bits per heavy atom. The number of rotatable bonds is 5. The number of nitrogens with zero attached hydrogens (tertiary/aromatic N) is 1. The maximum absolute atomic E-state index is 11.7. The number of benzene rings is 1. The minimum Gasteiger partial charge on any atom is -0.481 e. The van der Waals surface area contributed by atoms with Gasteiger partial charge in [-0.1, -0.05) is 6.07 Å². The van der Waals surface area contributed by atoms with Crippen molar-refractivity contribution < 1.29 is 19.6 Å². The van der Waals surface area contributed by atoms with Gasteiger partial charge in [0.2, 0.25) is 0 Å². The van der Waals surface area contributed by atoms with E-state index in [4.69, 9.17) is 5.11 Å². The molecule has 0 bridgehead atoms. The van der Waals surface area contributed by atoms with Crippen LogP contribution in [-0.4, -0.2) is 27.6 Å². The molecule has 8 nitrogen and oxygen atoms in total. The van der Waals surface area contributed by atoms with Gasteiger partial charge in [0.05, 0.1) is 11.3 Å². The van der Waals surface area contributed by atoms with E-state index in [1.807, 2.05) is 0 Å². The molecule has 1 aromatic carbocycles. The first kappa shape index (κ1) is 15.4. The molecule has 0 atom stereocenters. The number of carbonyl (C=O) groups is 2. The molecule has 1 aromatic rings. The molecule has 108 valence electrons. The zero-order valence-electron chi connectivity index (χ0n) is 11.0. The summed E-state index contributed by atoms with van der Waals surface area (Å²) >= 11 is 0. The van der Waals surface area contributed by atoms with E-state index in [0.717, 1.165) is 0 Å². The number of nitrogens with one attached hydrogen (secondary N) is 2. The van der Waals surface area contributed by atoms with Gasteiger partial charge in [0.15, 0.2) is 0 Å². The summed E-state index contributed by atoms with van der Waals surface area (Å²) < 4.78 is 0. The van der Waals surface area contributed by atoms with E-state index in [1.165, 1.54) is 24.3 Å². The Balaban J connectivity index is 2.69. The second-order valence-electron chi connectivity index (χ2n) is 4.84. The zero-order valence-corrected chi connectivity index (χ0v) is 11.0. The van der Waals surface area contributed by atoms with Gasteiger partial charge in [0, 0.05) is 23.4 Å². The normalized spacial score (nSPS) is 10.7. The number of carboxylic acid groups (broad SMARTS) is 1. The quantitative estimate of drug-likeness (QED) is 0.562. The molecular weight excluding hydrogens is 266 g/mol. The van der Waals surface area contributed by atoms with Crippen LogP contribution in [0.4, 0.5) is 16.2 Å². The van der Waals surface area contributed by atoms with E-state index >= 15 is 0 Å². The maximum atomic E-state index is 11.7. The lowest BCUT2D eigenvalue weighted by Crippen LogP contribution is -2.46. The minimum atomic E-state index is -1.04. The first-order valence-electron chi connectivity index (χ1n) is 5.75. The lowest BCUT2D eigenvalue weighted by Gasteiger charge is -2.24. The molecule has 0 aliphatic carbocycles. The minimum absolute atomic E-state index is 0.146. The predicted molar refractivity (Wildman–Crippen MR) is 71.6 cm³/mol. The number of carboxylic acids is 1. The van der Waals surface area contributed by atoms with Crippen molar-refractivity contribution in [2.45, 2.75) is 25.8 Å². The lowest BCUT2D eigenvalue weighted by atomic mass is 10.0. The van der Waals surface area contributed by atoms with Crippen molar-refractivity contribution in [3.05, 3.63) is 34.4 Å². The molecule has 0 saturated heterocycles. The van der Waals surface area contributed by atoms with E-state index in [0.29, 0.717) is 0 Å². The van der Waals surface area contributed by atoms with Crippen molar-refractivity contribution in [3.63, 3.8) is 0 Å². The molecular formula is C12H15N3O5. The average Bonchev–Trinajstić information content (AvgIpc) is 2.25. The number of hydrogen-bond donors (Lipinski definition) is 3. The van der Waals surface area contributed by atoms with Crippen LogP contribution >= 0.6 is 0 Å². The van der Waals surface area contributed by atoms with Crippen LogP contribution < -0.4 is 10.6 Å². The van der Waals surface area contributed by atoms with Gasteiger partial charge in [-0.3, -0.25) is 14.9 Å². The van der Waals surface area contributed by atoms with Crippen LogP contribution in [0.25, 0.3) is 0 Å². The zero-order chi connectivity index (χ0) is 15.3. The Morgan fingerprint density at radius 2 is 2.05 bits per heavy atom. The van der Waals surface area contributed by atoms with Gasteiger partial charge in [0.1, 0.15) is 0 Å². The highest BCUT2D eigenvalue weighted by Crippen LogP contribution is 2.17. The maximum Gasteiger partial charge on any atom is 0.319 e. The van der Waals surface area contributed by atoms with Gasteiger partial charge in [-0.15, -0.1) is 0 Å². The number of anilines is 1. The van der Waals surface area contributed by atoms with E-state index in [2.05, 4.69) is 10.6 Å². The van der Waals surface area contributed by atoms with Crippen LogP contribution in [0.5, 0.6) is 0 Å². The molecule has 20 heavy (non-hydrogen) atoms. The summed E-state index contributed by atoms with van der Waals surface area (Å²) in [7, 11) is 0. The molecule has 0 aliphatic heterocycles. The van der Waals surface area contributed by atoms with Gasteiger partial charge in [-0.25, -0.2) is 4.79 Å². The standard InChI is InChI=1S/C12H15N3O5/c1-12(2,7-10(16)17)14-11(18)13-8-4-3-5-9(6-8)15(19)20/h3-6H,7H2,1-2H3,(H,16,17)(H2,13,14,18). The van der Waals surface area contributed by atoms with Gasteiger partial charge in [-0.05, 0) is 19.9 Å². The molecule has 0 unspecified atom stereocenters. The Labute approximate surface area is 114 Å². The van der Waals surface area contributed by atoms with Crippen molar-refractivity contribution in [1.29, 1.82) is 0 Å². The predicted octanol–water partition coefficient (Wildman–Crippen LogP) is 1.97. The average molecular weight is 281 g/mol. The van der Waals surface area contributed by atoms with Crippen molar-refractivity contribution in [1.82, 2.24) is 5.32 Å². The summed E-state index contributed by atoms with van der Waals surface area (Å²) in [6.45, 7) is 3.13. The van der Waals surface area contributed by atoms with Crippen LogP contribution in [0.2, 0.25) is 0 Å². The first-order chi connectivity index (χ1) is 9.19. The number of nitro groups is 1. The fourth-order valence-electron chi connectivity index (χ4n) is 1.59. The third-order valence-electron chi connectivity index (χ3n) is 2.36. The molecule has 8 heteroatoms. The van der Waals surface area contributed by atoms with Gasteiger partial charge >= 0.3 is 12.0 Å². The summed E-state index contributed by atoms with van der Waals surface area (Å²) in [5.74, 6) is -1.04. The molecule has 0 aliphatic rings. The number of urea groups is 1. The SMILES string of the molecule is CC(C)(CC(=O)O)NC(=O)Nc1cccc([N+](=O)[O-])c1. The monoisotopic (exact) mass is 281 g/mol. The van der Waals surface area contributed by atoms with Crippen molar-refractivity contribution in [3.8, 4) is 0 Å². The highest BCUT2D eigenvalue weighted by Gasteiger charge is 2.23. The van der Waals surface area contributed by atoms with Crippen LogP contribution in [0.1, 0.15) is 20.3 Å². The van der Waals surface area contributed by atoms with Crippen LogP contribution in [-0.2, 0) is 4.79 Å². The summed E-state index contributed by atoms with van der Waals surface area (Å²) in [6.07, 6.45) is -0.241. The van der Waals surface area contributed by atoms with Crippen molar-refractivity contribution in [2.75, 3.05) is 5.32 Å². The van der Waals surface area contributed by atoms with Crippen molar-refractivity contribution >= 4 is 23.4 Å². The summed E-state index contributed by atoms with van der Waals surface area (Å²) in [6, 6.07) is 4.82. The van der Waals surface area contributed by atoms with E-state index in [-0.39, 0.29) is 17.8 Å². The summed E-state index contributed by atoms with van der Waals surface area (Å²) in [4.78, 5) is 32.4. The Hall–Kier alpha value is -2.64. The van der Waals surface area contributed by atoms with E-state index < -0.39 is 22.5 Å². The second kappa shape index (κ2) is 6.00. The van der Waals surface area contributed by atoms with Crippen molar-refractivity contribution in [2.24, 2.45) is 0 Å². The smallest absolute Gasteiger partial charge is 0.319 e. The fraction of sp³-hybridized carbons (Fsp3) is 0.333. The number of nitro benzene ring substituents is 1. The number of hydrogen-bond acceptors (Lipinski definition) is 4. The number of non-ortho nitro benzene ring substituents is 1. The third-order valence-corrected chi connectivity index (χ3v) is 2.36. The molecule has 0 aromatic heterocycles. The Bertz CT molecular complexity index is 542. The first-order valence-corrected chi connectivity index (χ1v) is 5.75. The molecule has 1 rings (SSSR count). The molecule has 0 heterocycles. The number of aliphatic carboxylic acids is 1. The highest BCUT2D eigenvalue weighted by molar-refractivity contribution is 5.90. The largest absolute Gasteiger partial charge is 0.481 e. The Morgan fingerprint density at radius 3 is 2.60 bits per heavy atom. The van der Waals surface area contributed by atoms with E-state index in [9.17, 15) is 19.7 Å². The Kier molecular flexibility index (Phi) is 4.63. The van der Waals surface area contributed by atoms with Gasteiger partial charge in [0.25, 0.3) is 5.69 Å². The van der Waals surface area contributed by atoms with Gasteiger partial charge < -0.3 is 15.7 Å². The highest BCUT2D eigenvalue weighted by atomic mass is 16.6. The molecule has 0 radical (unpaired) electrons. The summed E-state index contributed by atoms with van der Waals surface area (Å²) in [5, 5.41) is 24.2. The molecule has 0 spiro atoms. The van der Waals surface area contributed by atoms with Crippen LogP contribution in [0.3, 0.4) is 0 Å². The second-order valence-corrected chi connectivity index (χ2v) is 4.84. The van der Waals surface area contributed by atoms with Crippen LogP contribution in [0, 0.1) is 10.1 Å².